The topological polar surface area (TPSA) is 111 Å². The van der Waals surface area contributed by atoms with Crippen molar-refractivity contribution >= 4 is 46.9 Å². The number of amides is 2. The van der Waals surface area contributed by atoms with E-state index < -0.39 is 18.0 Å². The minimum absolute atomic E-state index is 0.0865. The van der Waals surface area contributed by atoms with Gasteiger partial charge in [0.25, 0.3) is 0 Å². The van der Waals surface area contributed by atoms with Gasteiger partial charge in [-0.3, -0.25) is 9.59 Å². The summed E-state index contributed by atoms with van der Waals surface area (Å²) in [6, 6.07) is 10.9. The van der Waals surface area contributed by atoms with Gasteiger partial charge in [-0.25, -0.2) is 4.79 Å². The first-order valence-corrected chi connectivity index (χ1v) is 11.9. The molecule has 2 amide bonds. The van der Waals surface area contributed by atoms with Crippen LogP contribution in [-0.2, 0) is 25.6 Å². The fourth-order valence-electron chi connectivity index (χ4n) is 3.48. The molecular weight excluding hydrogens is 493 g/mol. The minimum Gasteiger partial charge on any atom is -0.469 e. The van der Waals surface area contributed by atoms with Crippen LogP contribution < -0.4 is 11.1 Å². The normalized spacial score (nSPS) is 14.2. The lowest BCUT2D eigenvalue weighted by atomic mass is 9.85. The van der Waals surface area contributed by atoms with Crippen LogP contribution >= 0.6 is 23.2 Å². The Balaban J connectivity index is 0.000000433. The van der Waals surface area contributed by atoms with Gasteiger partial charge in [-0.15, -0.1) is 0 Å². The SMILES string of the molecule is CC.CN1Cc2c(Cl)cc(Cl)cc2C(c2ccc(NC(N)=O)cc2)C1.COC(=O)CCC(=O)OC. The van der Waals surface area contributed by atoms with Gasteiger partial charge in [-0.2, -0.15) is 0 Å². The third-order valence-electron chi connectivity index (χ3n) is 5.06. The van der Waals surface area contributed by atoms with Crippen molar-refractivity contribution in [3.8, 4) is 0 Å². The molecule has 1 atom stereocenters. The largest absolute Gasteiger partial charge is 0.469 e. The average molecular weight is 526 g/mol. The number of urea groups is 1. The van der Waals surface area contributed by atoms with Crippen LogP contribution in [0.1, 0.15) is 49.3 Å². The third-order valence-corrected chi connectivity index (χ3v) is 5.62. The maximum atomic E-state index is 10.9. The maximum absolute atomic E-state index is 10.9. The molecule has 1 heterocycles. The molecule has 8 nitrogen and oxygen atoms in total. The monoisotopic (exact) mass is 525 g/mol. The Morgan fingerprint density at radius 3 is 2.06 bits per heavy atom. The highest BCUT2D eigenvalue weighted by Gasteiger charge is 2.27. The molecule has 35 heavy (non-hydrogen) atoms. The second kappa shape index (κ2) is 15.2. The number of hydrogen-bond acceptors (Lipinski definition) is 6. The van der Waals surface area contributed by atoms with Gasteiger partial charge >= 0.3 is 18.0 Å². The van der Waals surface area contributed by atoms with E-state index >= 15 is 0 Å². The number of halogens is 2. The molecule has 1 unspecified atom stereocenters. The highest BCUT2D eigenvalue weighted by Crippen LogP contribution is 2.38. The number of esters is 2. The second-order valence-electron chi connectivity index (χ2n) is 7.47. The molecule has 0 bridgehead atoms. The molecule has 0 saturated carbocycles. The predicted octanol–water partition coefficient (Wildman–Crippen LogP) is 5.20. The molecule has 0 aliphatic carbocycles. The number of nitrogens with one attached hydrogen (secondary N) is 1. The molecule has 1 aliphatic heterocycles. The molecule has 0 radical (unpaired) electrons. The summed E-state index contributed by atoms with van der Waals surface area (Å²) >= 11 is 12.6. The van der Waals surface area contributed by atoms with Crippen LogP contribution in [0.3, 0.4) is 0 Å². The van der Waals surface area contributed by atoms with Crippen LogP contribution in [-0.4, -0.2) is 50.7 Å². The molecule has 0 fully saturated rings. The van der Waals surface area contributed by atoms with Crippen LogP contribution in [0.2, 0.25) is 10.0 Å². The third kappa shape index (κ3) is 9.76. The zero-order chi connectivity index (χ0) is 26.5. The fourth-order valence-corrected chi connectivity index (χ4v) is 4.05. The van der Waals surface area contributed by atoms with Gasteiger partial charge in [-0.1, -0.05) is 49.2 Å². The zero-order valence-corrected chi connectivity index (χ0v) is 22.2. The first kappa shape index (κ1) is 30.2. The summed E-state index contributed by atoms with van der Waals surface area (Å²) in [5, 5.41) is 3.92. The molecule has 3 N–H and O–H groups in total. The van der Waals surface area contributed by atoms with E-state index in [0.717, 1.165) is 29.8 Å². The number of nitrogens with zero attached hydrogens (tertiary/aromatic N) is 1. The number of ether oxygens (including phenoxy) is 2. The summed E-state index contributed by atoms with van der Waals surface area (Å²) in [5.41, 5.74) is 9.24. The van der Waals surface area contributed by atoms with Gasteiger partial charge in [0.05, 0.1) is 27.1 Å². The van der Waals surface area contributed by atoms with E-state index in [9.17, 15) is 14.4 Å². The van der Waals surface area contributed by atoms with E-state index in [-0.39, 0.29) is 18.8 Å². The molecule has 2 aromatic carbocycles. The standard InChI is InChI=1S/C17H17Cl2N3O.C6H10O4.C2H6/c1-22-8-14(10-2-4-12(5-3-10)21-17(20)23)13-6-11(18)7-16(19)15(13)9-22;1-9-5(7)3-4-6(8)10-2;1-2/h2-7,14H,8-9H2,1H3,(H3,20,21,23);3-4H2,1-2H3;1-2H3. The number of carbonyl (C=O) groups is 3. The number of likely N-dealkylation sites (N-methyl/N-ethyl adjacent to an activating group) is 1. The lowest BCUT2D eigenvalue weighted by Crippen LogP contribution is -2.31. The first-order valence-electron chi connectivity index (χ1n) is 11.1. The molecule has 192 valence electrons. The smallest absolute Gasteiger partial charge is 0.316 e. The average Bonchev–Trinajstić information content (AvgIpc) is 2.84. The Kier molecular flexibility index (Phi) is 13.2. The Hall–Kier alpha value is -2.81. The number of primary amides is 1. The predicted molar refractivity (Wildman–Crippen MR) is 139 cm³/mol. The van der Waals surface area contributed by atoms with Gasteiger partial charge in [0.15, 0.2) is 0 Å². The van der Waals surface area contributed by atoms with Gasteiger partial charge in [0.1, 0.15) is 0 Å². The summed E-state index contributed by atoms with van der Waals surface area (Å²) in [6.07, 6.45) is 0.173. The number of hydrogen-bond donors (Lipinski definition) is 2. The Morgan fingerprint density at radius 1 is 1.03 bits per heavy atom. The fraction of sp³-hybridized carbons (Fsp3) is 0.400. The van der Waals surface area contributed by atoms with E-state index in [4.69, 9.17) is 28.9 Å². The second-order valence-corrected chi connectivity index (χ2v) is 8.31. The van der Waals surface area contributed by atoms with Crippen molar-refractivity contribution in [3.63, 3.8) is 0 Å². The first-order chi connectivity index (χ1) is 16.6. The summed E-state index contributed by atoms with van der Waals surface area (Å²) in [6.45, 7) is 5.69. The van der Waals surface area contributed by atoms with Gasteiger partial charge < -0.3 is 25.4 Å². The van der Waals surface area contributed by atoms with Crippen molar-refractivity contribution < 1.29 is 23.9 Å². The summed E-state index contributed by atoms with van der Waals surface area (Å²) in [5.74, 6) is -0.613. The van der Waals surface area contributed by atoms with Crippen LogP contribution in [0.5, 0.6) is 0 Å². The molecule has 10 heteroatoms. The van der Waals surface area contributed by atoms with Gasteiger partial charge in [0.2, 0.25) is 0 Å². The van der Waals surface area contributed by atoms with Gasteiger partial charge in [-0.05, 0) is 48.0 Å². The van der Waals surface area contributed by atoms with E-state index in [0.29, 0.717) is 15.7 Å². The van der Waals surface area contributed by atoms with E-state index in [1.807, 2.05) is 44.2 Å². The molecule has 0 aromatic heterocycles. The molecule has 0 spiro atoms. The van der Waals surface area contributed by atoms with Crippen LogP contribution in [0.25, 0.3) is 0 Å². The number of nitrogens with two attached hydrogens (primary N) is 1. The number of anilines is 1. The van der Waals surface area contributed by atoms with E-state index in [1.54, 1.807) is 6.07 Å². The number of rotatable bonds is 5. The molecule has 2 aromatic rings. The van der Waals surface area contributed by atoms with Crippen molar-refractivity contribution in [1.29, 1.82) is 0 Å². The van der Waals surface area contributed by atoms with Crippen molar-refractivity contribution in [1.82, 2.24) is 4.90 Å². The molecule has 1 aliphatic rings. The number of carbonyl (C=O) groups excluding carboxylic acids is 3. The Labute approximate surface area is 216 Å². The van der Waals surface area contributed by atoms with Crippen molar-refractivity contribution in [2.45, 2.75) is 39.2 Å². The van der Waals surface area contributed by atoms with Gasteiger partial charge in [0, 0.05) is 34.7 Å². The lowest BCUT2D eigenvalue weighted by molar-refractivity contribution is -0.147. The maximum Gasteiger partial charge on any atom is 0.316 e. The van der Waals surface area contributed by atoms with E-state index in [1.165, 1.54) is 14.2 Å². The summed E-state index contributed by atoms with van der Waals surface area (Å²) in [4.78, 5) is 34.0. The Bertz CT molecular complexity index is 983. The quantitative estimate of drug-likeness (QED) is 0.518. The highest BCUT2D eigenvalue weighted by atomic mass is 35.5. The summed E-state index contributed by atoms with van der Waals surface area (Å²) < 4.78 is 8.60. The highest BCUT2D eigenvalue weighted by molar-refractivity contribution is 6.35. The lowest BCUT2D eigenvalue weighted by Gasteiger charge is -2.33. The van der Waals surface area contributed by atoms with E-state index in [2.05, 4.69) is 26.7 Å². The van der Waals surface area contributed by atoms with Crippen molar-refractivity contribution in [2.24, 2.45) is 5.73 Å². The molecule has 0 saturated heterocycles. The number of methoxy groups -OCH3 is 2. The zero-order valence-electron chi connectivity index (χ0n) is 20.7. The molecular formula is C25H33Cl2N3O5. The molecule has 3 rings (SSSR count). The Morgan fingerprint density at radius 2 is 1.57 bits per heavy atom. The van der Waals surface area contributed by atoms with Crippen molar-refractivity contribution in [3.05, 3.63) is 63.1 Å². The van der Waals surface area contributed by atoms with Crippen LogP contribution in [0.4, 0.5) is 10.5 Å². The summed E-state index contributed by atoms with van der Waals surface area (Å²) in [7, 11) is 4.63. The van der Waals surface area contributed by atoms with Crippen molar-refractivity contribution in [2.75, 3.05) is 33.1 Å². The number of fused-ring (bicyclic) bond motifs is 1. The minimum atomic E-state index is -0.570. The number of benzene rings is 2. The van der Waals surface area contributed by atoms with Crippen LogP contribution in [0, 0.1) is 0 Å². The van der Waals surface area contributed by atoms with Crippen LogP contribution in [0.15, 0.2) is 36.4 Å².